The Morgan fingerprint density at radius 3 is 2.68 bits per heavy atom. The highest BCUT2D eigenvalue weighted by molar-refractivity contribution is 7.86. The number of rotatable bonds is 4. The highest BCUT2D eigenvalue weighted by Crippen LogP contribution is 2.49. The minimum Gasteiger partial charge on any atom is -0.743 e. The molecular formula is C12H13F2O7S-. The van der Waals surface area contributed by atoms with Crippen molar-refractivity contribution in [2.45, 2.75) is 36.7 Å². The summed E-state index contributed by atoms with van der Waals surface area (Å²) in [7, 11) is -5.91. The molecule has 2 heterocycles. The van der Waals surface area contributed by atoms with Crippen LogP contribution < -0.4 is 0 Å². The van der Waals surface area contributed by atoms with Crippen LogP contribution in [0.3, 0.4) is 0 Å². The highest BCUT2D eigenvalue weighted by Gasteiger charge is 2.57. The molecular weight excluding hydrogens is 326 g/mol. The Labute approximate surface area is 124 Å². The first kappa shape index (κ1) is 15.8. The van der Waals surface area contributed by atoms with Gasteiger partial charge in [0.05, 0.1) is 12.0 Å². The number of esters is 1. The van der Waals surface area contributed by atoms with Crippen molar-refractivity contribution >= 4 is 21.9 Å². The first-order valence-electron chi connectivity index (χ1n) is 6.79. The summed E-state index contributed by atoms with van der Waals surface area (Å²) in [5.74, 6) is -3.00. The van der Waals surface area contributed by atoms with Crippen LogP contribution in [0.5, 0.6) is 0 Å². The zero-order valence-electron chi connectivity index (χ0n) is 11.2. The molecule has 0 amide bonds. The Kier molecular flexibility index (Phi) is 3.53. The lowest BCUT2D eigenvalue weighted by molar-refractivity contribution is -0.199. The van der Waals surface area contributed by atoms with Crippen LogP contribution in [0, 0.1) is 17.8 Å². The summed E-state index contributed by atoms with van der Waals surface area (Å²) >= 11 is 0. The SMILES string of the molecule is O=C1C2CC3CC(CC1C3C(=O)OCC(F)(F)S(=O)(=O)[O-])O2. The number of hydrogen-bond donors (Lipinski definition) is 0. The van der Waals surface area contributed by atoms with Gasteiger partial charge in [0.2, 0.25) is 0 Å². The third-order valence-corrected chi connectivity index (χ3v) is 5.45. The number of halogens is 2. The molecule has 0 aromatic rings. The molecule has 4 fully saturated rings. The van der Waals surface area contributed by atoms with E-state index in [4.69, 9.17) is 4.74 Å². The van der Waals surface area contributed by atoms with Gasteiger partial charge in [-0.2, -0.15) is 8.78 Å². The number of Topliss-reactive ketones (excluding diaryl/α,β-unsaturated/α-hetero) is 1. The van der Waals surface area contributed by atoms with Gasteiger partial charge in [-0.15, -0.1) is 0 Å². The van der Waals surface area contributed by atoms with Crippen LogP contribution in [0.1, 0.15) is 19.3 Å². The normalized spacial score (nSPS) is 37.4. The second kappa shape index (κ2) is 4.93. The number of ether oxygens (including phenoxy) is 2. The largest absolute Gasteiger partial charge is 0.743 e. The predicted molar refractivity (Wildman–Crippen MR) is 63.6 cm³/mol. The Bertz CT molecular complexity index is 617. The Morgan fingerprint density at radius 1 is 1.36 bits per heavy atom. The van der Waals surface area contributed by atoms with Gasteiger partial charge < -0.3 is 14.0 Å². The van der Waals surface area contributed by atoms with Crippen molar-refractivity contribution in [3.05, 3.63) is 0 Å². The highest BCUT2D eigenvalue weighted by atomic mass is 32.2. The third-order valence-electron chi connectivity index (χ3n) is 4.60. The van der Waals surface area contributed by atoms with E-state index in [-0.39, 0.29) is 17.8 Å². The van der Waals surface area contributed by atoms with E-state index < -0.39 is 45.9 Å². The molecule has 0 aromatic carbocycles. The van der Waals surface area contributed by atoms with Gasteiger partial charge in [0, 0.05) is 5.92 Å². The molecule has 4 aliphatic rings. The minimum absolute atomic E-state index is 0.112. The van der Waals surface area contributed by atoms with Crippen LogP contribution in [-0.2, 0) is 29.2 Å². The Balaban J connectivity index is 1.70. The van der Waals surface area contributed by atoms with Crippen LogP contribution in [0.2, 0.25) is 0 Å². The maximum absolute atomic E-state index is 13.0. The third kappa shape index (κ3) is 2.42. The molecule has 0 aromatic heterocycles. The van der Waals surface area contributed by atoms with Gasteiger partial charge in [-0.25, -0.2) is 8.42 Å². The van der Waals surface area contributed by atoms with Crippen molar-refractivity contribution in [1.82, 2.24) is 0 Å². The summed E-state index contributed by atoms with van der Waals surface area (Å²) < 4.78 is 67.0. The molecule has 2 aliphatic carbocycles. The van der Waals surface area contributed by atoms with Crippen LogP contribution >= 0.6 is 0 Å². The van der Waals surface area contributed by atoms with Crippen molar-refractivity contribution in [2.24, 2.45) is 17.8 Å². The summed E-state index contributed by atoms with van der Waals surface area (Å²) in [5, 5.41) is -4.68. The fraction of sp³-hybridized carbons (Fsp3) is 0.833. The average Bonchev–Trinajstić information content (AvgIpc) is 2.40. The second-order valence-corrected chi connectivity index (χ2v) is 7.45. The molecule has 4 bridgehead atoms. The lowest BCUT2D eigenvalue weighted by atomic mass is 9.60. The number of carbonyl (C=O) groups excluding carboxylic acids is 2. The summed E-state index contributed by atoms with van der Waals surface area (Å²) in [6, 6.07) is 0. The number of alkyl halides is 2. The van der Waals surface area contributed by atoms with Crippen molar-refractivity contribution in [1.29, 1.82) is 0 Å². The first-order chi connectivity index (χ1) is 10.1. The molecule has 7 nitrogen and oxygen atoms in total. The maximum Gasteiger partial charge on any atom is 0.367 e. The molecule has 22 heavy (non-hydrogen) atoms. The molecule has 5 atom stereocenters. The number of carbonyl (C=O) groups is 2. The molecule has 2 saturated carbocycles. The molecule has 0 N–H and O–H groups in total. The van der Waals surface area contributed by atoms with Crippen LogP contribution in [0.15, 0.2) is 0 Å². The number of hydrogen-bond acceptors (Lipinski definition) is 7. The van der Waals surface area contributed by atoms with Crippen molar-refractivity contribution in [2.75, 3.05) is 6.61 Å². The van der Waals surface area contributed by atoms with E-state index in [0.717, 1.165) is 0 Å². The van der Waals surface area contributed by atoms with Crippen LogP contribution in [-0.4, -0.2) is 48.8 Å². The monoisotopic (exact) mass is 339 g/mol. The van der Waals surface area contributed by atoms with Crippen molar-refractivity contribution in [3.8, 4) is 0 Å². The first-order valence-corrected chi connectivity index (χ1v) is 8.20. The van der Waals surface area contributed by atoms with E-state index in [1.54, 1.807) is 0 Å². The Morgan fingerprint density at radius 2 is 2.05 bits per heavy atom. The lowest BCUT2D eigenvalue weighted by Crippen LogP contribution is -2.59. The standard InChI is InChI=1S/C12H14F2O7S/c13-12(14,22(17,18)19)4-20-11(16)9-5-1-6-3-7(9)10(15)8(2-5)21-6/h5-9H,1-4H2,(H,17,18,19)/p-1. The molecule has 2 saturated heterocycles. The van der Waals surface area contributed by atoms with E-state index in [0.29, 0.717) is 19.3 Å². The fourth-order valence-electron chi connectivity index (χ4n) is 3.65. The summed E-state index contributed by atoms with van der Waals surface area (Å²) in [5.41, 5.74) is 0. The van der Waals surface area contributed by atoms with Crippen LogP contribution in [0.25, 0.3) is 0 Å². The molecule has 124 valence electrons. The lowest BCUT2D eigenvalue weighted by Gasteiger charge is -2.51. The summed E-state index contributed by atoms with van der Waals surface area (Å²) in [4.78, 5) is 24.0. The minimum atomic E-state index is -5.91. The van der Waals surface area contributed by atoms with Gasteiger partial charge in [0.15, 0.2) is 22.5 Å². The zero-order valence-corrected chi connectivity index (χ0v) is 12.1. The Hall–Kier alpha value is -1.13. The van der Waals surface area contributed by atoms with Gasteiger partial charge in [0.25, 0.3) is 0 Å². The number of ketones is 1. The van der Waals surface area contributed by atoms with Gasteiger partial charge >= 0.3 is 11.2 Å². The quantitative estimate of drug-likeness (QED) is 0.526. The molecule has 4 rings (SSSR count). The molecule has 5 unspecified atom stereocenters. The molecule has 0 radical (unpaired) electrons. The van der Waals surface area contributed by atoms with E-state index in [9.17, 15) is 31.3 Å². The van der Waals surface area contributed by atoms with E-state index in [1.165, 1.54) is 0 Å². The average molecular weight is 339 g/mol. The summed E-state index contributed by atoms with van der Waals surface area (Å²) in [6.07, 6.45) is 0.550. The smallest absolute Gasteiger partial charge is 0.367 e. The zero-order chi connectivity index (χ0) is 16.3. The summed E-state index contributed by atoms with van der Waals surface area (Å²) in [6.45, 7) is -1.83. The van der Waals surface area contributed by atoms with Gasteiger partial charge in [-0.3, -0.25) is 9.59 Å². The molecule has 0 spiro atoms. The molecule has 10 heteroatoms. The van der Waals surface area contributed by atoms with Crippen molar-refractivity contribution in [3.63, 3.8) is 0 Å². The molecule has 2 aliphatic heterocycles. The van der Waals surface area contributed by atoms with E-state index >= 15 is 0 Å². The predicted octanol–water partition coefficient (Wildman–Crippen LogP) is 0.0502. The second-order valence-electron chi connectivity index (χ2n) is 5.95. The van der Waals surface area contributed by atoms with Crippen LogP contribution in [0.4, 0.5) is 8.78 Å². The van der Waals surface area contributed by atoms with Gasteiger partial charge in [-0.05, 0) is 25.2 Å². The fourth-order valence-corrected chi connectivity index (χ4v) is 3.85. The van der Waals surface area contributed by atoms with Gasteiger partial charge in [-0.1, -0.05) is 0 Å². The van der Waals surface area contributed by atoms with E-state index in [2.05, 4.69) is 4.74 Å². The topological polar surface area (TPSA) is 110 Å². The van der Waals surface area contributed by atoms with Crippen molar-refractivity contribution < 1.29 is 40.8 Å². The van der Waals surface area contributed by atoms with Gasteiger partial charge in [0.1, 0.15) is 6.10 Å². The maximum atomic E-state index is 13.0. The van der Waals surface area contributed by atoms with E-state index in [1.807, 2.05) is 0 Å².